The highest BCUT2D eigenvalue weighted by Crippen LogP contribution is 2.19. The molecule has 7 heteroatoms. The second kappa shape index (κ2) is 6.23. The van der Waals surface area contributed by atoms with Gasteiger partial charge in [0.25, 0.3) is 5.91 Å². The number of aliphatic hydroxyl groups is 1. The standard InChI is InChI=1S/C12H12BrN3O2S/c1-7(14-12(18)10-6-19-16-15-10)11(17)8-2-4-9(13)5-3-8/h2-7,11,17H,1H3,(H,14,18). The molecular formula is C12H12BrN3O2S. The van der Waals surface area contributed by atoms with E-state index in [1.807, 2.05) is 24.3 Å². The highest BCUT2D eigenvalue weighted by Gasteiger charge is 2.20. The normalized spacial score (nSPS) is 13.8. The third-order valence-electron chi connectivity index (χ3n) is 2.64. The van der Waals surface area contributed by atoms with Crippen molar-refractivity contribution in [2.45, 2.75) is 19.1 Å². The Hall–Kier alpha value is -1.31. The number of aromatic nitrogens is 2. The zero-order chi connectivity index (χ0) is 13.8. The van der Waals surface area contributed by atoms with Gasteiger partial charge in [0, 0.05) is 9.85 Å². The number of nitrogens with one attached hydrogen (secondary N) is 1. The van der Waals surface area contributed by atoms with Crippen LogP contribution < -0.4 is 5.32 Å². The number of carbonyl (C=O) groups excluding carboxylic acids is 1. The lowest BCUT2D eigenvalue weighted by Gasteiger charge is -2.20. The summed E-state index contributed by atoms with van der Waals surface area (Å²) in [7, 11) is 0. The molecule has 2 atom stereocenters. The molecule has 5 nitrogen and oxygen atoms in total. The molecule has 100 valence electrons. The highest BCUT2D eigenvalue weighted by atomic mass is 79.9. The molecule has 0 radical (unpaired) electrons. The number of hydrogen-bond donors (Lipinski definition) is 2. The molecule has 0 aliphatic rings. The van der Waals surface area contributed by atoms with E-state index in [0.29, 0.717) is 0 Å². The van der Waals surface area contributed by atoms with Crippen LogP contribution in [0.5, 0.6) is 0 Å². The predicted molar refractivity (Wildman–Crippen MR) is 75.9 cm³/mol. The van der Waals surface area contributed by atoms with Crippen LogP contribution in [-0.2, 0) is 0 Å². The molecule has 1 heterocycles. The van der Waals surface area contributed by atoms with Crippen molar-refractivity contribution in [3.05, 3.63) is 45.4 Å². The Bertz CT molecular complexity index is 545. The summed E-state index contributed by atoms with van der Waals surface area (Å²) in [4.78, 5) is 11.8. The van der Waals surface area contributed by atoms with Gasteiger partial charge in [0.15, 0.2) is 5.69 Å². The van der Waals surface area contributed by atoms with Crippen molar-refractivity contribution in [2.24, 2.45) is 0 Å². The van der Waals surface area contributed by atoms with Gasteiger partial charge >= 0.3 is 0 Å². The molecule has 0 saturated carbocycles. The molecule has 1 amide bonds. The first kappa shape index (κ1) is 14.1. The second-order valence-electron chi connectivity index (χ2n) is 4.05. The fourth-order valence-corrected chi connectivity index (χ4v) is 2.27. The van der Waals surface area contributed by atoms with Crippen molar-refractivity contribution in [3.63, 3.8) is 0 Å². The van der Waals surface area contributed by atoms with Gasteiger partial charge in [0.2, 0.25) is 0 Å². The largest absolute Gasteiger partial charge is 0.386 e. The van der Waals surface area contributed by atoms with E-state index >= 15 is 0 Å². The van der Waals surface area contributed by atoms with Crippen LogP contribution in [0.3, 0.4) is 0 Å². The maximum atomic E-state index is 11.8. The molecule has 0 aliphatic heterocycles. The lowest BCUT2D eigenvalue weighted by molar-refractivity contribution is 0.0847. The molecule has 2 unspecified atom stereocenters. The summed E-state index contributed by atoms with van der Waals surface area (Å²) >= 11 is 4.44. The molecule has 2 rings (SSSR count). The lowest BCUT2D eigenvalue weighted by Crippen LogP contribution is -2.37. The fourth-order valence-electron chi connectivity index (χ4n) is 1.57. The third kappa shape index (κ3) is 3.59. The first-order valence-corrected chi connectivity index (χ1v) is 7.22. The minimum atomic E-state index is -0.774. The van der Waals surface area contributed by atoms with Crippen LogP contribution in [0.2, 0.25) is 0 Å². The van der Waals surface area contributed by atoms with Crippen molar-refractivity contribution < 1.29 is 9.90 Å². The van der Waals surface area contributed by atoms with Crippen molar-refractivity contribution in [2.75, 3.05) is 0 Å². The SMILES string of the molecule is CC(NC(=O)c1csnn1)C(O)c1ccc(Br)cc1. The van der Waals surface area contributed by atoms with Gasteiger partial charge < -0.3 is 10.4 Å². The highest BCUT2D eigenvalue weighted by molar-refractivity contribution is 9.10. The monoisotopic (exact) mass is 341 g/mol. The molecule has 0 aliphatic carbocycles. The maximum absolute atomic E-state index is 11.8. The smallest absolute Gasteiger partial charge is 0.273 e. The molecule has 0 fully saturated rings. The summed E-state index contributed by atoms with van der Waals surface area (Å²) < 4.78 is 4.56. The Kier molecular flexibility index (Phi) is 4.62. The Morgan fingerprint density at radius 2 is 2.11 bits per heavy atom. The lowest BCUT2D eigenvalue weighted by atomic mass is 10.0. The molecule has 1 aromatic carbocycles. The number of nitrogens with zero attached hydrogens (tertiary/aromatic N) is 2. The van der Waals surface area contributed by atoms with Crippen LogP contribution in [0.1, 0.15) is 29.1 Å². The summed E-state index contributed by atoms with van der Waals surface area (Å²) in [5.74, 6) is -0.336. The van der Waals surface area contributed by atoms with Crippen molar-refractivity contribution >= 4 is 33.4 Å². The number of benzene rings is 1. The zero-order valence-corrected chi connectivity index (χ0v) is 12.5. The number of halogens is 1. The number of rotatable bonds is 4. The van der Waals surface area contributed by atoms with E-state index in [1.165, 1.54) is 0 Å². The predicted octanol–water partition coefficient (Wildman–Crippen LogP) is 2.15. The Morgan fingerprint density at radius 3 is 2.68 bits per heavy atom. The van der Waals surface area contributed by atoms with Gasteiger partial charge in [-0.1, -0.05) is 32.6 Å². The van der Waals surface area contributed by atoms with Gasteiger partial charge in [0.1, 0.15) is 0 Å². The minimum Gasteiger partial charge on any atom is -0.386 e. The summed E-state index contributed by atoms with van der Waals surface area (Å²) in [5.41, 5.74) is 1.01. The quantitative estimate of drug-likeness (QED) is 0.893. The number of carbonyl (C=O) groups is 1. The van der Waals surface area contributed by atoms with Gasteiger partial charge in [-0.15, -0.1) is 5.10 Å². The molecule has 2 aromatic rings. The third-order valence-corrected chi connectivity index (χ3v) is 3.67. The summed E-state index contributed by atoms with van der Waals surface area (Å²) in [5, 5.41) is 18.1. The summed E-state index contributed by atoms with van der Waals surface area (Å²) in [6, 6.07) is 6.88. The molecule has 1 aromatic heterocycles. The van der Waals surface area contributed by atoms with E-state index in [1.54, 1.807) is 12.3 Å². The Morgan fingerprint density at radius 1 is 1.42 bits per heavy atom. The van der Waals surface area contributed by atoms with Gasteiger partial charge in [0.05, 0.1) is 12.1 Å². The van der Waals surface area contributed by atoms with E-state index in [4.69, 9.17) is 0 Å². The average molecular weight is 342 g/mol. The van der Waals surface area contributed by atoms with Gasteiger partial charge in [-0.3, -0.25) is 4.79 Å². The van der Waals surface area contributed by atoms with E-state index < -0.39 is 12.1 Å². The molecule has 0 bridgehead atoms. The molecule has 19 heavy (non-hydrogen) atoms. The van der Waals surface area contributed by atoms with E-state index in [0.717, 1.165) is 21.6 Å². The molecule has 0 saturated heterocycles. The van der Waals surface area contributed by atoms with Crippen LogP contribution in [0.25, 0.3) is 0 Å². The second-order valence-corrected chi connectivity index (χ2v) is 5.57. The van der Waals surface area contributed by atoms with E-state index in [-0.39, 0.29) is 11.6 Å². The minimum absolute atomic E-state index is 0.264. The maximum Gasteiger partial charge on any atom is 0.273 e. The first-order valence-electron chi connectivity index (χ1n) is 5.59. The van der Waals surface area contributed by atoms with Crippen molar-refractivity contribution in [1.29, 1.82) is 0 Å². The molecule has 2 N–H and O–H groups in total. The Labute approximate surface area is 123 Å². The van der Waals surface area contributed by atoms with Gasteiger partial charge in [-0.05, 0) is 36.2 Å². The summed E-state index contributed by atoms with van der Waals surface area (Å²) in [6.07, 6.45) is -0.774. The van der Waals surface area contributed by atoms with Gasteiger partial charge in [-0.2, -0.15) is 0 Å². The van der Waals surface area contributed by atoms with Gasteiger partial charge in [-0.25, -0.2) is 0 Å². The van der Waals surface area contributed by atoms with Crippen LogP contribution in [-0.4, -0.2) is 26.6 Å². The van der Waals surface area contributed by atoms with Crippen LogP contribution in [0.4, 0.5) is 0 Å². The number of hydrogen-bond acceptors (Lipinski definition) is 5. The van der Waals surface area contributed by atoms with E-state index in [9.17, 15) is 9.90 Å². The van der Waals surface area contributed by atoms with Crippen LogP contribution >= 0.6 is 27.5 Å². The fraction of sp³-hybridized carbons (Fsp3) is 0.250. The van der Waals surface area contributed by atoms with Crippen molar-refractivity contribution in [1.82, 2.24) is 14.9 Å². The Balaban J connectivity index is 2.01. The number of amides is 1. The topological polar surface area (TPSA) is 75.1 Å². The number of aliphatic hydroxyl groups excluding tert-OH is 1. The van der Waals surface area contributed by atoms with Crippen molar-refractivity contribution in [3.8, 4) is 0 Å². The molecular weight excluding hydrogens is 330 g/mol. The first-order chi connectivity index (χ1) is 9.08. The van der Waals surface area contributed by atoms with E-state index in [2.05, 4.69) is 30.8 Å². The molecule has 0 spiro atoms. The summed E-state index contributed by atoms with van der Waals surface area (Å²) in [6.45, 7) is 1.74. The average Bonchev–Trinajstić information content (AvgIpc) is 2.92. The van der Waals surface area contributed by atoms with Crippen LogP contribution in [0.15, 0.2) is 34.1 Å². The van der Waals surface area contributed by atoms with Crippen LogP contribution in [0, 0.1) is 0 Å². The zero-order valence-electron chi connectivity index (χ0n) is 10.1.